The van der Waals surface area contributed by atoms with Gasteiger partial charge in [0, 0.05) is 0 Å². The number of esters is 1. The molecule has 0 spiro atoms. The molecule has 0 heterocycles. The lowest BCUT2D eigenvalue weighted by Crippen LogP contribution is -2.29. The van der Waals surface area contributed by atoms with Crippen LogP contribution in [0.4, 0.5) is 0 Å². The van der Waals surface area contributed by atoms with Gasteiger partial charge in [0.05, 0.1) is 6.61 Å². The van der Waals surface area contributed by atoms with Gasteiger partial charge in [0.25, 0.3) is 0 Å². The zero-order valence-electron chi connectivity index (χ0n) is 15.5. The van der Waals surface area contributed by atoms with Gasteiger partial charge in [-0.15, -0.1) is 0 Å². The lowest BCUT2D eigenvalue weighted by Gasteiger charge is -2.16. The summed E-state index contributed by atoms with van der Waals surface area (Å²) in [5.41, 5.74) is 0. The van der Waals surface area contributed by atoms with Crippen LogP contribution in [-0.4, -0.2) is 18.7 Å². The van der Waals surface area contributed by atoms with Crippen molar-refractivity contribution in [3.63, 3.8) is 0 Å². The molecule has 0 aliphatic carbocycles. The van der Waals surface area contributed by atoms with E-state index in [9.17, 15) is 4.79 Å². The maximum atomic E-state index is 12.1. The maximum absolute atomic E-state index is 12.1. The summed E-state index contributed by atoms with van der Waals surface area (Å²) in [5.74, 6) is 0.463. The summed E-state index contributed by atoms with van der Waals surface area (Å²) in [6.45, 7) is 4.69. The van der Waals surface area contributed by atoms with Crippen molar-refractivity contribution < 1.29 is 14.3 Å². The molecule has 0 aromatic heterocycles. The molecule has 1 atom stereocenters. The topological polar surface area (TPSA) is 35.5 Å². The van der Waals surface area contributed by atoms with E-state index < -0.39 is 6.10 Å². The summed E-state index contributed by atoms with van der Waals surface area (Å²) in [6, 6.07) is 9.44. The molecule has 0 N–H and O–H groups in total. The van der Waals surface area contributed by atoms with Gasteiger partial charge in [-0.3, -0.25) is 0 Å². The van der Waals surface area contributed by atoms with Crippen LogP contribution in [0.25, 0.3) is 0 Å². The van der Waals surface area contributed by atoms with Crippen molar-refractivity contribution in [1.82, 2.24) is 0 Å². The summed E-state index contributed by atoms with van der Waals surface area (Å²) in [5, 5.41) is 0. The molecule has 0 aliphatic rings. The van der Waals surface area contributed by atoms with Gasteiger partial charge in [-0.2, -0.15) is 0 Å². The van der Waals surface area contributed by atoms with Crippen molar-refractivity contribution in [3.05, 3.63) is 30.3 Å². The van der Waals surface area contributed by atoms with Crippen molar-refractivity contribution in [3.8, 4) is 5.75 Å². The average molecular weight is 334 g/mol. The Morgan fingerprint density at radius 2 is 1.46 bits per heavy atom. The van der Waals surface area contributed by atoms with Gasteiger partial charge in [-0.25, -0.2) is 4.79 Å². The highest BCUT2D eigenvalue weighted by atomic mass is 16.6. The van der Waals surface area contributed by atoms with Gasteiger partial charge in [0.1, 0.15) is 5.75 Å². The third kappa shape index (κ3) is 9.59. The Labute approximate surface area is 147 Å². The first kappa shape index (κ1) is 20.5. The average Bonchev–Trinajstić information content (AvgIpc) is 2.62. The number of carbonyl (C=O) groups excluding carboxylic acids is 1. The summed E-state index contributed by atoms with van der Waals surface area (Å²) in [6.07, 6.45) is 11.5. The molecular formula is C21H34O3. The lowest BCUT2D eigenvalue weighted by molar-refractivity contribution is -0.152. The summed E-state index contributed by atoms with van der Waals surface area (Å²) in [4.78, 5) is 12.1. The molecule has 0 radical (unpaired) electrons. The van der Waals surface area contributed by atoms with Crippen LogP contribution < -0.4 is 4.74 Å². The Morgan fingerprint density at radius 3 is 2.04 bits per heavy atom. The van der Waals surface area contributed by atoms with Crippen LogP contribution in [0.2, 0.25) is 0 Å². The molecule has 0 fully saturated rings. The smallest absolute Gasteiger partial charge is 0.347 e. The highest BCUT2D eigenvalue weighted by molar-refractivity contribution is 5.75. The van der Waals surface area contributed by atoms with Crippen LogP contribution in [0.15, 0.2) is 30.3 Å². The molecule has 24 heavy (non-hydrogen) atoms. The predicted molar refractivity (Wildman–Crippen MR) is 99.3 cm³/mol. The maximum Gasteiger partial charge on any atom is 0.347 e. The number of benzene rings is 1. The molecule has 1 unspecified atom stereocenters. The van der Waals surface area contributed by atoms with E-state index >= 15 is 0 Å². The highest BCUT2D eigenvalue weighted by Gasteiger charge is 2.19. The molecule has 1 aromatic rings. The Balaban J connectivity index is 2.05. The minimum atomic E-state index is -0.508. The molecule has 1 rings (SSSR count). The standard InChI is InChI=1S/C21H34O3/c1-3-5-6-7-8-9-10-11-15-18-23-21(22)20(4-2)24-19-16-13-12-14-17-19/h12-14,16-17,20H,3-11,15,18H2,1-2H3. The Hall–Kier alpha value is -1.51. The molecule has 3 heteroatoms. The first-order valence-electron chi connectivity index (χ1n) is 9.66. The van der Waals surface area contributed by atoms with E-state index in [1.165, 1.54) is 44.9 Å². The van der Waals surface area contributed by atoms with Crippen LogP contribution in [0.1, 0.15) is 78.1 Å². The highest BCUT2D eigenvalue weighted by Crippen LogP contribution is 2.14. The molecule has 0 amide bonds. The van der Waals surface area contributed by atoms with Crippen LogP contribution in [-0.2, 0) is 9.53 Å². The van der Waals surface area contributed by atoms with Gasteiger partial charge in [0.2, 0.25) is 0 Å². The number of ether oxygens (including phenoxy) is 2. The second-order valence-corrected chi connectivity index (χ2v) is 6.32. The monoisotopic (exact) mass is 334 g/mol. The van der Waals surface area contributed by atoms with Crippen molar-refractivity contribution in [1.29, 1.82) is 0 Å². The predicted octanol–water partition coefficient (Wildman–Crippen LogP) is 5.92. The number of hydrogen-bond donors (Lipinski definition) is 0. The molecular weight excluding hydrogens is 300 g/mol. The summed E-state index contributed by atoms with van der Waals surface area (Å²) >= 11 is 0. The van der Waals surface area contributed by atoms with E-state index in [-0.39, 0.29) is 5.97 Å². The van der Waals surface area contributed by atoms with E-state index in [0.717, 1.165) is 12.8 Å². The lowest BCUT2D eigenvalue weighted by atomic mass is 10.1. The number of rotatable bonds is 14. The van der Waals surface area contributed by atoms with Crippen molar-refractivity contribution in [2.24, 2.45) is 0 Å². The number of para-hydroxylation sites is 1. The van der Waals surface area contributed by atoms with Gasteiger partial charge >= 0.3 is 5.97 Å². The second kappa shape index (κ2) is 13.9. The van der Waals surface area contributed by atoms with E-state index in [2.05, 4.69) is 6.92 Å². The molecule has 0 saturated heterocycles. The fourth-order valence-electron chi connectivity index (χ4n) is 2.64. The third-order valence-corrected chi connectivity index (χ3v) is 4.15. The molecule has 0 bridgehead atoms. The third-order valence-electron chi connectivity index (χ3n) is 4.15. The first-order valence-corrected chi connectivity index (χ1v) is 9.66. The number of hydrogen-bond acceptors (Lipinski definition) is 3. The fourth-order valence-corrected chi connectivity index (χ4v) is 2.64. The quantitative estimate of drug-likeness (QED) is 0.313. The largest absolute Gasteiger partial charge is 0.479 e. The van der Waals surface area contributed by atoms with Crippen LogP contribution in [0, 0.1) is 0 Å². The van der Waals surface area contributed by atoms with Gasteiger partial charge in [-0.05, 0) is 25.0 Å². The first-order chi connectivity index (χ1) is 11.8. The van der Waals surface area contributed by atoms with E-state index in [0.29, 0.717) is 18.8 Å². The zero-order chi connectivity index (χ0) is 17.5. The zero-order valence-corrected chi connectivity index (χ0v) is 15.5. The van der Waals surface area contributed by atoms with E-state index in [1.807, 2.05) is 37.3 Å². The van der Waals surface area contributed by atoms with Crippen LogP contribution >= 0.6 is 0 Å². The minimum absolute atomic E-state index is 0.249. The summed E-state index contributed by atoms with van der Waals surface area (Å²) < 4.78 is 11.1. The van der Waals surface area contributed by atoms with E-state index in [1.54, 1.807) is 0 Å². The van der Waals surface area contributed by atoms with Gasteiger partial charge in [-0.1, -0.05) is 83.4 Å². The molecule has 136 valence electrons. The van der Waals surface area contributed by atoms with Crippen LogP contribution in [0.3, 0.4) is 0 Å². The Morgan fingerprint density at radius 1 is 0.875 bits per heavy atom. The number of carbonyl (C=O) groups is 1. The van der Waals surface area contributed by atoms with E-state index in [4.69, 9.17) is 9.47 Å². The normalized spacial score (nSPS) is 11.9. The molecule has 1 aromatic carbocycles. The van der Waals surface area contributed by atoms with Crippen molar-refractivity contribution >= 4 is 5.97 Å². The summed E-state index contributed by atoms with van der Waals surface area (Å²) in [7, 11) is 0. The Bertz CT molecular complexity index is 416. The SMILES string of the molecule is CCCCCCCCCCCOC(=O)C(CC)Oc1ccccc1. The van der Waals surface area contributed by atoms with Crippen LogP contribution in [0.5, 0.6) is 5.75 Å². The second-order valence-electron chi connectivity index (χ2n) is 6.32. The Kier molecular flexibility index (Phi) is 11.9. The number of unbranched alkanes of at least 4 members (excludes halogenated alkanes) is 8. The molecule has 3 nitrogen and oxygen atoms in total. The fraction of sp³-hybridized carbons (Fsp3) is 0.667. The van der Waals surface area contributed by atoms with Gasteiger partial charge < -0.3 is 9.47 Å². The van der Waals surface area contributed by atoms with Crippen molar-refractivity contribution in [2.45, 2.75) is 84.2 Å². The molecule has 0 aliphatic heterocycles. The van der Waals surface area contributed by atoms with Crippen molar-refractivity contribution in [2.75, 3.05) is 6.61 Å². The van der Waals surface area contributed by atoms with Gasteiger partial charge in [0.15, 0.2) is 6.10 Å². The minimum Gasteiger partial charge on any atom is -0.479 e. The molecule has 0 saturated carbocycles.